The van der Waals surface area contributed by atoms with Crippen molar-refractivity contribution in [1.82, 2.24) is 5.32 Å². The zero-order valence-electron chi connectivity index (χ0n) is 17.4. The summed E-state index contributed by atoms with van der Waals surface area (Å²) >= 11 is 0. The second kappa shape index (κ2) is 9.98. The van der Waals surface area contributed by atoms with Crippen LogP contribution in [0.2, 0.25) is 0 Å². The van der Waals surface area contributed by atoms with E-state index in [1.54, 1.807) is 24.3 Å². The standard InChI is InChI=1S/C25H24F2N2O2/c1-17(2)28-24(30)14-19-9-6-10-21(13-19)29(16-18-7-4-3-5-8-18)25(31)22-12-11-20(26)15-23(22)27/h3-13,15,17H,14,16H2,1-2H3,(H,28,30). The number of anilines is 1. The van der Waals surface area contributed by atoms with E-state index in [4.69, 9.17) is 0 Å². The maximum Gasteiger partial charge on any atom is 0.261 e. The molecule has 31 heavy (non-hydrogen) atoms. The average molecular weight is 422 g/mol. The van der Waals surface area contributed by atoms with Crippen LogP contribution in [-0.4, -0.2) is 17.9 Å². The lowest BCUT2D eigenvalue weighted by Gasteiger charge is -2.24. The molecule has 3 aromatic carbocycles. The molecule has 0 aliphatic rings. The van der Waals surface area contributed by atoms with Crippen molar-refractivity contribution in [3.8, 4) is 0 Å². The van der Waals surface area contributed by atoms with Crippen LogP contribution in [0, 0.1) is 11.6 Å². The minimum Gasteiger partial charge on any atom is -0.354 e. The van der Waals surface area contributed by atoms with Gasteiger partial charge in [0, 0.05) is 17.8 Å². The minimum absolute atomic E-state index is 0.0216. The first-order valence-electron chi connectivity index (χ1n) is 10.0. The number of hydrogen-bond acceptors (Lipinski definition) is 2. The van der Waals surface area contributed by atoms with E-state index in [2.05, 4.69) is 5.32 Å². The summed E-state index contributed by atoms with van der Waals surface area (Å²) in [5.74, 6) is -2.39. The van der Waals surface area contributed by atoms with Gasteiger partial charge in [-0.2, -0.15) is 0 Å². The molecule has 0 saturated heterocycles. The third-order valence-electron chi connectivity index (χ3n) is 4.63. The zero-order valence-corrected chi connectivity index (χ0v) is 17.4. The SMILES string of the molecule is CC(C)NC(=O)Cc1cccc(N(Cc2ccccc2)C(=O)c2ccc(F)cc2F)c1. The van der Waals surface area contributed by atoms with Gasteiger partial charge in [0.25, 0.3) is 5.91 Å². The predicted octanol–water partition coefficient (Wildman–Crippen LogP) is 4.88. The monoisotopic (exact) mass is 422 g/mol. The van der Waals surface area contributed by atoms with Crippen molar-refractivity contribution in [2.24, 2.45) is 0 Å². The van der Waals surface area contributed by atoms with Gasteiger partial charge in [-0.25, -0.2) is 8.78 Å². The first-order valence-corrected chi connectivity index (χ1v) is 10.0. The molecule has 0 aromatic heterocycles. The van der Waals surface area contributed by atoms with Gasteiger partial charge in [0.05, 0.1) is 18.5 Å². The number of hydrogen-bond donors (Lipinski definition) is 1. The highest BCUT2D eigenvalue weighted by atomic mass is 19.1. The van der Waals surface area contributed by atoms with Gasteiger partial charge in [0.1, 0.15) is 11.6 Å². The molecule has 0 aliphatic carbocycles. The number of carbonyl (C=O) groups excluding carboxylic acids is 2. The number of carbonyl (C=O) groups is 2. The van der Waals surface area contributed by atoms with E-state index >= 15 is 0 Å². The summed E-state index contributed by atoms with van der Waals surface area (Å²) in [5, 5.41) is 2.84. The number of rotatable bonds is 7. The largest absolute Gasteiger partial charge is 0.354 e. The molecular formula is C25H24F2N2O2. The summed E-state index contributed by atoms with van der Waals surface area (Å²) in [6.07, 6.45) is 0.157. The molecule has 3 aromatic rings. The van der Waals surface area contributed by atoms with Gasteiger partial charge in [-0.15, -0.1) is 0 Å². The van der Waals surface area contributed by atoms with E-state index < -0.39 is 17.5 Å². The van der Waals surface area contributed by atoms with Gasteiger partial charge in [-0.3, -0.25) is 9.59 Å². The maximum absolute atomic E-state index is 14.3. The molecule has 4 nitrogen and oxygen atoms in total. The fourth-order valence-electron chi connectivity index (χ4n) is 3.25. The summed E-state index contributed by atoms with van der Waals surface area (Å²) < 4.78 is 27.7. The Hall–Kier alpha value is -3.54. The van der Waals surface area contributed by atoms with Crippen LogP contribution >= 0.6 is 0 Å². The van der Waals surface area contributed by atoms with Crippen molar-refractivity contribution in [2.75, 3.05) is 4.90 Å². The molecule has 1 N–H and O–H groups in total. The fraction of sp³-hybridized carbons (Fsp3) is 0.200. The van der Waals surface area contributed by atoms with Crippen LogP contribution in [0.5, 0.6) is 0 Å². The Balaban J connectivity index is 1.95. The molecule has 0 unspecified atom stereocenters. The second-order valence-electron chi connectivity index (χ2n) is 7.57. The molecule has 0 bridgehead atoms. The highest BCUT2D eigenvalue weighted by Gasteiger charge is 2.22. The number of halogens is 2. The minimum atomic E-state index is -0.921. The topological polar surface area (TPSA) is 49.4 Å². The van der Waals surface area contributed by atoms with Crippen LogP contribution in [0.4, 0.5) is 14.5 Å². The van der Waals surface area contributed by atoms with Gasteiger partial charge in [-0.1, -0.05) is 42.5 Å². The molecule has 160 valence electrons. The number of nitrogens with zero attached hydrogens (tertiary/aromatic N) is 1. The average Bonchev–Trinajstić information content (AvgIpc) is 2.72. The first kappa shape index (κ1) is 22.2. The van der Waals surface area contributed by atoms with Crippen molar-refractivity contribution >= 4 is 17.5 Å². The molecule has 6 heteroatoms. The smallest absolute Gasteiger partial charge is 0.261 e. The molecule has 0 spiro atoms. The van der Waals surface area contributed by atoms with Gasteiger partial charge < -0.3 is 10.2 Å². The second-order valence-corrected chi connectivity index (χ2v) is 7.57. The molecule has 0 radical (unpaired) electrons. The lowest BCUT2D eigenvalue weighted by molar-refractivity contribution is -0.120. The summed E-state index contributed by atoms with van der Waals surface area (Å²) in [7, 11) is 0. The van der Waals surface area contributed by atoms with E-state index in [1.165, 1.54) is 4.90 Å². The molecule has 0 aliphatic heterocycles. The molecule has 0 saturated carbocycles. The Bertz CT molecular complexity index is 1070. The number of amides is 2. The number of benzene rings is 3. The van der Waals surface area contributed by atoms with Crippen LogP contribution in [0.3, 0.4) is 0 Å². The zero-order chi connectivity index (χ0) is 22.4. The third-order valence-corrected chi connectivity index (χ3v) is 4.63. The van der Waals surface area contributed by atoms with Crippen molar-refractivity contribution in [3.05, 3.63) is 101 Å². The van der Waals surface area contributed by atoms with E-state index in [9.17, 15) is 18.4 Å². The highest BCUT2D eigenvalue weighted by molar-refractivity contribution is 6.06. The number of nitrogens with one attached hydrogen (secondary N) is 1. The predicted molar refractivity (Wildman–Crippen MR) is 117 cm³/mol. The van der Waals surface area contributed by atoms with Crippen molar-refractivity contribution < 1.29 is 18.4 Å². The Morgan fingerprint density at radius 2 is 1.61 bits per heavy atom. The van der Waals surface area contributed by atoms with Crippen LogP contribution < -0.4 is 10.2 Å². The fourth-order valence-corrected chi connectivity index (χ4v) is 3.25. The van der Waals surface area contributed by atoms with E-state index in [1.807, 2.05) is 44.2 Å². The molecule has 0 heterocycles. The third kappa shape index (κ3) is 5.98. The molecule has 3 rings (SSSR count). The van der Waals surface area contributed by atoms with E-state index in [0.29, 0.717) is 11.8 Å². The first-order chi connectivity index (χ1) is 14.8. The van der Waals surface area contributed by atoms with Crippen LogP contribution in [0.25, 0.3) is 0 Å². The van der Waals surface area contributed by atoms with Crippen LogP contribution in [0.15, 0.2) is 72.8 Å². The van der Waals surface area contributed by atoms with Gasteiger partial charge in [0.15, 0.2) is 0 Å². The Kier molecular flexibility index (Phi) is 7.13. The van der Waals surface area contributed by atoms with Gasteiger partial charge in [0.2, 0.25) is 5.91 Å². The molecular weight excluding hydrogens is 398 g/mol. The quantitative estimate of drug-likeness (QED) is 0.590. The van der Waals surface area contributed by atoms with E-state index in [0.717, 1.165) is 23.3 Å². The maximum atomic E-state index is 14.3. The Morgan fingerprint density at radius 1 is 0.903 bits per heavy atom. The Morgan fingerprint density at radius 3 is 2.29 bits per heavy atom. The van der Waals surface area contributed by atoms with Gasteiger partial charge in [-0.05, 0) is 49.2 Å². The summed E-state index contributed by atoms with van der Waals surface area (Å²) in [6, 6.07) is 19.2. The van der Waals surface area contributed by atoms with Crippen molar-refractivity contribution in [1.29, 1.82) is 0 Å². The summed E-state index contributed by atoms with van der Waals surface area (Å²) in [5.41, 5.74) is 1.87. The lowest BCUT2D eigenvalue weighted by Crippen LogP contribution is -2.32. The van der Waals surface area contributed by atoms with Gasteiger partial charge >= 0.3 is 0 Å². The molecule has 0 fully saturated rings. The van der Waals surface area contributed by atoms with Crippen LogP contribution in [-0.2, 0) is 17.8 Å². The van der Waals surface area contributed by atoms with E-state index in [-0.39, 0.29) is 30.5 Å². The summed E-state index contributed by atoms with van der Waals surface area (Å²) in [6.45, 7) is 3.95. The molecule has 2 amide bonds. The highest BCUT2D eigenvalue weighted by Crippen LogP contribution is 2.23. The summed E-state index contributed by atoms with van der Waals surface area (Å²) in [4.78, 5) is 26.8. The molecule has 0 atom stereocenters. The lowest BCUT2D eigenvalue weighted by atomic mass is 10.1. The normalized spacial score (nSPS) is 10.7. The van der Waals surface area contributed by atoms with Crippen LogP contribution in [0.1, 0.15) is 35.3 Å². The Labute approximate surface area is 180 Å². The van der Waals surface area contributed by atoms with Crippen molar-refractivity contribution in [3.63, 3.8) is 0 Å². The van der Waals surface area contributed by atoms with Crippen molar-refractivity contribution in [2.45, 2.75) is 32.9 Å².